The predicted molar refractivity (Wildman–Crippen MR) is 75.7 cm³/mol. The lowest BCUT2D eigenvalue weighted by atomic mass is 10.3. The Hall–Kier alpha value is -2.50. The van der Waals surface area contributed by atoms with E-state index in [0.717, 1.165) is 29.7 Å². The normalized spacial score (nSPS) is 12.2. The van der Waals surface area contributed by atoms with Crippen molar-refractivity contribution in [2.45, 2.75) is 26.4 Å². The van der Waals surface area contributed by atoms with E-state index >= 15 is 0 Å². The van der Waals surface area contributed by atoms with E-state index in [-0.39, 0.29) is 0 Å². The molecule has 0 aliphatic rings. The number of H-pyrrole nitrogens is 1. The maximum atomic E-state index is 4.55. The molecule has 0 saturated heterocycles. The second-order valence-electron chi connectivity index (χ2n) is 4.53. The summed E-state index contributed by atoms with van der Waals surface area (Å²) in [6.45, 7) is 3.62. The second kappa shape index (κ2) is 5.64. The summed E-state index contributed by atoms with van der Waals surface area (Å²) in [7, 11) is 0. The molecule has 0 fully saturated rings. The monoisotopic (exact) mass is 268 g/mol. The van der Waals surface area contributed by atoms with Crippen molar-refractivity contribution in [3.63, 3.8) is 0 Å². The minimum absolute atomic E-state index is 0.585. The molecule has 102 valence electrons. The smallest absolute Gasteiger partial charge is 0.177 e. The zero-order chi connectivity index (χ0) is 13.8. The van der Waals surface area contributed by atoms with Crippen LogP contribution in [0.1, 0.15) is 18.9 Å². The SMILES string of the molecule is CCCn1cnc(=NCc2ccncc2)c2[nH]cnc21. The van der Waals surface area contributed by atoms with Crippen molar-refractivity contribution in [2.24, 2.45) is 4.99 Å². The highest BCUT2D eigenvalue weighted by atomic mass is 15.1. The summed E-state index contributed by atoms with van der Waals surface area (Å²) in [5.41, 5.74) is 3.59. The summed E-state index contributed by atoms with van der Waals surface area (Å²) in [4.78, 5) is 20.4. The molecule has 1 N–H and O–H groups in total. The number of nitrogens with zero attached hydrogens (tertiary/aromatic N) is 5. The van der Waals surface area contributed by atoms with Crippen molar-refractivity contribution in [2.75, 3.05) is 0 Å². The fourth-order valence-electron chi connectivity index (χ4n) is 2.09. The first kappa shape index (κ1) is 12.5. The van der Waals surface area contributed by atoms with Crippen molar-refractivity contribution in [1.82, 2.24) is 24.5 Å². The fraction of sp³-hybridized carbons (Fsp3) is 0.286. The standard InChI is InChI=1S/C14H16N6/c1-2-7-20-10-19-13(12-14(20)18-9-17-12)16-8-11-3-5-15-6-4-11/h3-6,9-10H,2,7-8H2,1H3,(H,17,18). The first-order chi connectivity index (χ1) is 9.88. The minimum atomic E-state index is 0.585. The number of nitrogens with one attached hydrogen (secondary N) is 1. The lowest BCUT2D eigenvalue weighted by molar-refractivity contribution is 0.676. The van der Waals surface area contributed by atoms with Gasteiger partial charge in [0, 0.05) is 18.9 Å². The van der Waals surface area contributed by atoms with Gasteiger partial charge >= 0.3 is 0 Å². The van der Waals surface area contributed by atoms with Crippen LogP contribution in [0.5, 0.6) is 0 Å². The van der Waals surface area contributed by atoms with E-state index in [1.165, 1.54) is 0 Å². The highest BCUT2D eigenvalue weighted by molar-refractivity contribution is 5.68. The van der Waals surface area contributed by atoms with Gasteiger partial charge in [0.15, 0.2) is 11.1 Å². The van der Waals surface area contributed by atoms with E-state index < -0.39 is 0 Å². The summed E-state index contributed by atoms with van der Waals surface area (Å²) in [6, 6.07) is 3.90. The van der Waals surface area contributed by atoms with E-state index in [1.54, 1.807) is 25.0 Å². The van der Waals surface area contributed by atoms with Crippen LogP contribution < -0.4 is 5.49 Å². The summed E-state index contributed by atoms with van der Waals surface area (Å²) in [5, 5.41) is 0. The molecule has 20 heavy (non-hydrogen) atoms. The number of aromatic nitrogens is 5. The quantitative estimate of drug-likeness (QED) is 0.782. The molecule has 0 atom stereocenters. The average molecular weight is 268 g/mol. The van der Waals surface area contributed by atoms with Crippen LogP contribution in [0.2, 0.25) is 0 Å². The number of fused-ring (bicyclic) bond motifs is 1. The van der Waals surface area contributed by atoms with Gasteiger partial charge in [-0.05, 0) is 24.1 Å². The maximum absolute atomic E-state index is 4.55. The number of pyridine rings is 1. The van der Waals surface area contributed by atoms with Crippen molar-refractivity contribution in [1.29, 1.82) is 0 Å². The Kier molecular flexibility index (Phi) is 3.54. The van der Waals surface area contributed by atoms with Gasteiger partial charge in [-0.1, -0.05) is 6.92 Å². The number of aryl methyl sites for hydroxylation is 1. The van der Waals surface area contributed by atoms with Crippen LogP contribution in [-0.2, 0) is 13.1 Å². The Morgan fingerprint density at radius 2 is 2.10 bits per heavy atom. The summed E-state index contributed by atoms with van der Waals surface area (Å²) >= 11 is 0. The van der Waals surface area contributed by atoms with Gasteiger partial charge in [0.25, 0.3) is 0 Å². The molecule has 3 heterocycles. The molecule has 0 aromatic carbocycles. The number of imidazole rings is 1. The lowest BCUT2D eigenvalue weighted by Gasteiger charge is -2.04. The number of hydrogen-bond acceptors (Lipinski definition) is 4. The zero-order valence-corrected chi connectivity index (χ0v) is 11.3. The summed E-state index contributed by atoms with van der Waals surface area (Å²) in [5.74, 6) is 0. The van der Waals surface area contributed by atoms with E-state index in [1.807, 2.05) is 16.7 Å². The highest BCUT2D eigenvalue weighted by Gasteiger charge is 2.04. The third kappa shape index (κ3) is 2.45. The lowest BCUT2D eigenvalue weighted by Crippen LogP contribution is -2.14. The molecule has 0 aliphatic carbocycles. The van der Waals surface area contributed by atoms with Crippen molar-refractivity contribution < 1.29 is 0 Å². The molecular formula is C14H16N6. The van der Waals surface area contributed by atoms with Crippen LogP contribution in [0.15, 0.2) is 42.2 Å². The molecule has 6 heteroatoms. The zero-order valence-electron chi connectivity index (χ0n) is 11.3. The molecule has 0 unspecified atom stereocenters. The predicted octanol–water partition coefficient (Wildman–Crippen LogP) is 1.67. The Morgan fingerprint density at radius 3 is 2.90 bits per heavy atom. The van der Waals surface area contributed by atoms with Gasteiger partial charge in [-0.15, -0.1) is 0 Å². The first-order valence-corrected chi connectivity index (χ1v) is 6.66. The fourth-order valence-corrected chi connectivity index (χ4v) is 2.09. The Balaban J connectivity index is 2.00. The maximum Gasteiger partial charge on any atom is 0.177 e. The first-order valence-electron chi connectivity index (χ1n) is 6.66. The number of rotatable bonds is 4. The summed E-state index contributed by atoms with van der Waals surface area (Å²) in [6.07, 6.45) is 8.07. The highest BCUT2D eigenvalue weighted by Crippen LogP contribution is 2.04. The van der Waals surface area contributed by atoms with Gasteiger partial charge in [-0.25, -0.2) is 9.97 Å². The molecule has 0 saturated carbocycles. The Bertz CT molecular complexity index is 756. The van der Waals surface area contributed by atoms with Crippen LogP contribution in [0.4, 0.5) is 0 Å². The van der Waals surface area contributed by atoms with Crippen LogP contribution in [-0.4, -0.2) is 24.5 Å². The molecule has 0 amide bonds. The van der Waals surface area contributed by atoms with E-state index in [4.69, 9.17) is 0 Å². The van der Waals surface area contributed by atoms with Crippen molar-refractivity contribution >= 4 is 11.2 Å². The third-order valence-electron chi connectivity index (χ3n) is 3.06. The van der Waals surface area contributed by atoms with Gasteiger partial charge in [-0.3, -0.25) is 9.98 Å². The second-order valence-corrected chi connectivity index (χ2v) is 4.53. The van der Waals surface area contributed by atoms with Crippen molar-refractivity contribution in [3.8, 4) is 0 Å². The van der Waals surface area contributed by atoms with Gasteiger partial charge in [0.1, 0.15) is 5.52 Å². The molecule has 0 radical (unpaired) electrons. The van der Waals surface area contributed by atoms with Gasteiger partial charge < -0.3 is 9.55 Å². The average Bonchev–Trinajstić information content (AvgIpc) is 2.98. The van der Waals surface area contributed by atoms with Crippen LogP contribution in [0.3, 0.4) is 0 Å². The minimum Gasteiger partial charge on any atom is -0.340 e. The van der Waals surface area contributed by atoms with Gasteiger partial charge in [-0.2, -0.15) is 0 Å². The topological polar surface area (TPSA) is 71.8 Å². The van der Waals surface area contributed by atoms with Crippen LogP contribution >= 0.6 is 0 Å². The largest absolute Gasteiger partial charge is 0.340 e. The van der Waals surface area contributed by atoms with Crippen LogP contribution in [0.25, 0.3) is 11.2 Å². The molecule has 0 aliphatic heterocycles. The molecule has 0 bridgehead atoms. The molecule has 6 nitrogen and oxygen atoms in total. The molecule has 3 aromatic heterocycles. The van der Waals surface area contributed by atoms with Crippen LogP contribution in [0, 0.1) is 0 Å². The Labute approximate surface area is 116 Å². The van der Waals surface area contributed by atoms with Gasteiger partial charge in [0.05, 0.1) is 19.2 Å². The molecular weight excluding hydrogens is 252 g/mol. The molecule has 3 aromatic rings. The van der Waals surface area contributed by atoms with E-state index in [9.17, 15) is 0 Å². The number of hydrogen-bond donors (Lipinski definition) is 1. The van der Waals surface area contributed by atoms with Crippen molar-refractivity contribution in [3.05, 3.63) is 48.2 Å². The molecule has 3 rings (SSSR count). The summed E-state index contributed by atoms with van der Waals surface area (Å²) < 4.78 is 2.04. The van der Waals surface area contributed by atoms with Gasteiger partial charge in [0.2, 0.25) is 0 Å². The third-order valence-corrected chi connectivity index (χ3v) is 3.06. The van der Waals surface area contributed by atoms with E-state index in [2.05, 4.69) is 31.9 Å². The Morgan fingerprint density at radius 1 is 1.25 bits per heavy atom. The molecule has 0 spiro atoms. The number of aromatic amines is 1. The van der Waals surface area contributed by atoms with E-state index in [0.29, 0.717) is 12.0 Å².